The number of piperazine rings is 1. The van der Waals surface area contributed by atoms with E-state index in [4.69, 9.17) is 0 Å². The first-order chi connectivity index (χ1) is 7.84. The van der Waals surface area contributed by atoms with Crippen molar-refractivity contribution >= 4 is 11.8 Å². The Morgan fingerprint density at radius 2 is 1.71 bits per heavy atom. The van der Waals surface area contributed by atoms with Crippen LogP contribution in [0.25, 0.3) is 0 Å². The third-order valence-corrected chi connectivity index (χ3v) is 3.20. The van der Waals surface area contributed by atoms with Crippen molar-refractivity contribution in [2.24, 2.45) is 0 Å². The third-order valence-electron chi connectivity index (χ3n) is 3.20. The van der Waals surface area contributed by atoms with Crippen molar-refractivity contribution in [3.05, 3.63) is 12.7 Å². The SMILES string of the molecule is C=CC(=O)N1CC2CC1CN2C(=O)C(F)(F)F. The van der Waals surface area contributed by atoms with Crippen LogP contribution in [0.4, 0.5) is 13.2 Å². The largest absolute Gasteiger partial charge is 0.471 e. The molecular formula is C10H11F3N2O2. The van der Waals surface area contributed by atoms with Gasteiger partial charge >= 0.3 is 12.1 Å². The average Bonchev–Trinajstić information content (AvgIpc) is 2.84. The van der Waals surface area contributed by atoms with E-state index in [2.05, 4.69) is 6.58 Å². The molecule has 2 unspecified atom stereocenters. The monoisotopic (exact) mass is 248 g/mol. The molecule has 0 aromatic rings. The van der Waals surface area contributed by atoms with Crippen LogP contribution in [0, 0.1) is 0 Å². The highest BCUT2D eigenvalue weighted by Crippen LogP contribution is 2.33. The smallest absolute Gasteiger partial charge is 0.332 e. The molecule has 0 N–H and O–H groups in total. The van der Waals surface area contributed by atoms with Crippen LogP contribution in [0.3, 0.4) is 0 Å². The maximum absolute atomic E-state index is 12.3. The Morgan fingerprint density at radius 3 is 2.12 bits per heavy atom. The van der Waals surface area contributed by atoms with Crippen molar-refractivity contribution in [2.75, 3.05) is 13.1 Å². The van der Waals surface area contributed by atoms with Crippen molar-refractivity contribution in [3.8, 4) is 0 Å². The molecule has 2 amide bonds. The summed E-state index contributed by atoms with van der Waals surface area (Å²) in [5, 5.41) is 0. The molecule has 17 heavy (non-hydrogen) atoms. The summed E-state index contributed by atoms with van der Waals surface area (Å²) < 4.78 is 36.8. The molecule has 0 aromatic heterocycles. The highest BCUT2D eigenvalue weighted by atomic mass is 19.4. The lowest BCUT2D eigenvalue weighted by Crippen LogP contribution is -2.53. The number of halogens is 3. The molecular weight excluding hydrogens is 237 g/mol. The highest BCUT2D eigenvalue weighted by molar-refractivity contribution is 5.88. The van der Waals surface area contributed by atoms with Gasteiger partial charge in [-0.05, 0) is 12.5 Å². The second-order valence-electron chi connectivity index (χ2n) is 4.19. The zero-order valence-electron chi connectivity index (χ0n) is 8.91. The quantitative estimate of drug-likeness (QED) is 0.636. The second kappa shape index (κ2) is 3.75. The molecule has 2 atom stereocenters. The van der Waals surface area contributed by atoms with Crippen LogP contribution in [0.5, 0.6) is 0 Å². The molecule has 0 radical (unpaired) electrons. The van der Waals surface area contributed by atoms with E-state index >= 15 is 0 Å². The fraction of sp³-hybridized carbons (Fsp3) is 0.600. The van der Waals surface area contributed by atoms with Gasteiger partial charge in [0.05, 0.1) is 12.1 Å². The van der Waals surface area contributed by atoms with Crippen molar-refractivity contribution in [1.29, 1.82) is 0 Å². The van der Waals surface area contributed by atoms with E-state index in [1.54, 1.807) is 0 Å². The minimum atomic E-state index is -4.84. The summed E-state index contributed by atoms with van der Waals surface area (Å²) in [7, 11) is 0. The van der Waals surface area contributed by atoms with Crippen LogP contribution in [-0.4, -0.2) is 53.0 Å². The standard InChI is InChI=1S/C10H11F3N2O2/c1-2-8(16)14-4-7-3-6(14)5-15(7)9(17)10(11,12)13/h2,6-7H,1,3-5H2. The van der Waals surface area contributed by atoms with Gasteiger partial charge in [0.2, 0.25) is 5.91 Å². The molecule has 0 aromatic carbocycles. The molecule has 94 valence electrons. The first-order valence-corrected chi connectivity index (χ1v) is 5.15. The van der Waals surface area contributed by atoms with Crippen LogP contribution in [0.2, 0.25) is 0 Å². The van der Waals surface area contributed by atoms with Crippen LogP contribution >= 0.6 is 0 Å². The number of amides is 2. The van der Waals surface area contributed by atoms with E-state index in [-0.39, 0.29) is 25.0 Å². The fourth-order valence-electron chi connectivity index (χ4n) is 2.47. The molecule has 7 heteroatoms. The second-order valence-corrected chi connectivity index (χ2v) is 4.19. The fourth-order valence-corrected chi connectivity index (χ4v) is 2.47. The lowest BCUT2D eigenvalue weighted by molar-refractivity contribution is -0.187. The molecule has 2 bridgehead atoms. The van der Waals surface area contributed by atoms with Gasteiger partial charge in [0.15, 0.2) is 0 Å². The maximum Gasteiger partial charge on any atom is 0.471 e. The molecule has 2 fully saturated rings. The number of likely N-dealkylation sites (tertiary alicyclic amines) is 2. The summed E-state index contributed by atoms with van der Waals surface area (Å²) in [5.41, 5.74) is 0. The van der Waals surface area contributed by atoms with Crippen LogP contribution in [0.1, 0.15) is 6.42 Å². The normalized spacial score (nSPS) is 27.5. The third kappa shape index (κ3) is 1.89. The van der Waals surface area contributed by atoms with E-state index in [0.29, 0.717) is 6.42 Å². The summed E-state index contributed by atoms with van der Waals surface area (Å²) in [6.45, 7) is 3.46. The van der Waals surface area contributed by atoms with Gasteiger partial charge < -0.3 is 9.80 Å². The molecule has 2 aliphatic rings. The topological polar surface area (TPSA) is 40.6 Å². The summed E-state index contributed by atoms with van der Waals surface area (Å²) in [4.78, 5) is 24.7. The predicted molar refractivity (Wildman–Crippen MR) is 51.9 cm³/mol. The highest BCUT2D eigenvalue weighted by Gasteiger charge is 2.52. The number of nitrogens with zero attached hydrogens (tertiary/aromatic N) is 2. The lowest BCUT2D eigenvalue weighted by atomic mass is 10.2. The summed E-state index contributed by atoms with van der Waals surface area (Å²) in [5.74, 6) is -2.10. The summed E-state index contributed by atoms with van der Waals surface area (Å²) in [6, 6.07) is -0.824. The number of hydrogen-bond acceptors (Lipinski definition) is 2. The Labute approximate surface area is 95.7 Å². The number of carbonyl (C=O) groups excluding carboxylic acids is 2. The number of alkyl halides is 3. The first-order valence-electron chi connectivity index (χ1n) is 5.15. The Morgan fingerprint density at radius 1 is 1.18 bits per heavy atom. The maximum atomic E-state index is 12.3. The van der Waals surface area contributed by atoms with Gasteiger partial charge in [-0.15, -0.1) is 0 Å². The van der Waals surface area contributed by atoms with Gasteiger partial charge in [0, 0.05) is 13.1 Å². The van der Waals surface area contributed by atoms with Gasteiger partial charge in [0.1, 0.15) is 0 Å². The average molecular weight is 248 g/mol. The number of hydrogen-bond donors (Lipinski definition) is 0. The van der Waals surface area contributed by atoms with Crippen molar-refractivity contribution in [1.82, 2.24) is 9.80 Å². The number of carbonyl (C=O) groups is 2. The molecule has 0 saturated carbocycles. The van der Waals surface area contributed by atoms with E-state index in [0.717, 1.165) is 11.0 Å². The molecule has 0 spiro atoms. The molecule has 0 aliphatic carbocycles. The van der Waals surface area contributed by atoms with Gasteiger partial charge in [0.25, 0.3) is 0 Å². The Kier molecular flexibility index (Phi) is 2.63. The summed E-state index contributed by atoms with van der Waals surface area (Å²) in [6.07, 6.45) is -3.28. The Balaban J connectivity index is 2.06. The van der Waals surface area contributed by atoms with Crippen LogP contribution < -0.4 is 0 Å². The Hall–Kier alpha value is -1.53. The van der Waals surface area contributed by atoms with Gasteiger partial charge in [-0.2, -0.15) is 13.2 Å². The number of rotatable bonds is 1. The van der Waals surface area contributed by atoms with Gasteiger partial charge in [-0.1, -0.05) is 6.58 Å². The summed E-state index contributed by atoms with van der Waals surface area (Å²) >= 11 is 0. The zero-order valence-corrected chi connectivity index (χ0v) is 8.91. The lowest BCUT2D eigenvalue weighted by Gasteiger charge is -2.33. The van der Waals surface area contributed by atoms with Crippen molar-refractivity contribution < 1.29 is 22.8 Å². The van der Waals surface area contributed by atoms with E-state index in [1.807, 2.05) is 0 Å². The zero-order chi connectivity index (χ0) is 12.8. The first kappa shape index (κ1) is 11.9. The molecule has 2 heterocycles. The van der Waals surface area contributed by atoms with E-state index in [1.165, 1.54) is 4.90 Å². The van der Waals surface area contributed by atoms with Crippen LogP contribution in [0.15, 0.2) is 12.7 Å². The van der Waals surface area contributed by atoms with Gasteiger partial charge in [-0.25, -0.2) is 0 Å². The molecule has 2 saturated heterocycles. The molecule has 2 rings (SSSR count). The number of fused-ring (bicyclic) bond motifs is 2. The molecule has 2 aliphatic heterocycles. The minimum absolute atomic E-state index is 0.0391. The van der Waals surface area contributed by atoms with Gasteiger partial charge in [-0.3, -0.25) is 9.59 Å². The molecule has 4 nitrogen and oxygen atoms in total. The van der Waals surface area contributed by atoms with Crippen LogP contribution in [-0.2, 0) is 9.59 Å². The van der Waals surface area contributed by atoms with E-state index < -0.39 is 18.1 Å². The van der Waals surface area contributed by atoms with Crippen molar-refractivity contribution in [3.63, 3.8) is 0 Å². The van der Waals surface area contributed by atoms with Crippen molar-refractivity contribution in [2.45, 2.75) is 24.7 Å². The van der Waals surface area contributed by atoms with E-state index in [9.17, 15) is 22.8 Å². The Bertz CT molecular complexity index is 380. The minimum Gasteiger partial charge on any atom is -0.332 e. The predicted octanol–water partition coefficient (Wildman–Crippen LogP) is 0.546.